The first-order valence-corrected chi connectivity index (χ1v) is 15.2. The van der Waals surface area contributed by atoms with Gasteiger partial charge in [0.15, 0.2) is 0 Å². The van der Waals surface area contributed by atoms with Gasteiger partial charge in [-0.3, -0.25) is 0 Å². The molecule has 0 atom stereocenters. The molecule has 0 saturated carbocycles. The molecule has 3 heterocycles. The average molecular weight is 586 g/mol. The number of ether oxygens (including phenoxy) is 2. The SMILES string of the molecule is CCOC(=O)c1c(Nc2ncnc3scc(-c4ccc(C(C)C)cc4)c23)sc(C(=O)OCCc2ccccc2)c1C. The maximum atomic E-state index is 13.1. The third-order valence-corrected chi connectivity index (χ3v) is 8.84. The quantitative estimate of drug-likeness (QED) is 0.165. The summed E-state index contributed by atoms with van der Waals surface area (Å²) < 4.78 is 11.0. The van der Waals surface area contributed by atoms with Crippen molar-refractivity contribution >= 4 is 55.6 Å². The van der Waals surface area contributed by atoms with Gasteiger partial charge in [-0.1, -0.05) is 68.4 Å². The van der Waals surface area contributed by atoms with Gasteiger partial charge >= 0.3 is 11.9 Å². The van der Waals surface area contributed by atoms with Gasteiger partial charge in [-0.2, -0.15) is 0 Å². The van der Waals surface area contributed by atoms with Gasteiger partial charge in [-0.15, -0.1) is 22.7 Å². The second-order valence-corrected chi connectivity index (χ2v) is 11.7. The van der Waals surface area contributed by atoms with Crippen molar-refractivity contribution in [1.29, 1.82) is 0 Å². The predicted octanol–water partition coefficient (Wildman–Crippen LogP) is 8.17. The summed E-state index contributed by atoms with van der Waals surface area (Å²) in [6.45, 7) is 8.27. The highest BCUT2D eigenvalue weighted by molar-refractivity contribution is 7.18. The van der Waals surface area contributed by atoms with E-state index >= 15 is 0 Å². The molecule has 1 N–H and O–H groups in total. The third kappa shape index (κ3) is 6.16. The van der Waals surface area contributed by atoms with Crippen LogP contribution in [-0.2, 0) is 15.9 Å². The van der Waals surface area contributed by atoms with E-state index in [1.165, 1.54) is 23.2 Å². The van der Waals surface area contributed by atoms with Crippen LogP contribution in [-0.4, -0.2) is 35.1 Å². The number of carbonyl (C=O) groups is 2. The van der Waals surface area contributed by atoms with Gasteiger partial charge in [0.05, 0.1) is 24.2 Å². The summed E-state index contributed by atoms with van der Waals surface area (Å²) in [7, 11) is 0. The van der Waals surface area contributed by atoms with Crippen LogP contribution >= 0.6 is 22.7 Å². The Balaban J connectivity index is 1.48. The van der Waals surface area contributed by atoms with E-state index in [2.05, 4.69) is 58.8 Å². The number of fused-ring (bicyclic) bond motifs is 1. The second kappa shape index (κ2) is 12.6. The lowest BCUT2D eigenvalue weighted by molar-refractivity contribution is 0.0514. The van der Waals surface area contributed by atoms with Crippen molar-refractivity contribution in [2.75, 3.05) is 18.5 Å². The van der Waals surface area contributed by atoms with Crippen LogP contribution in [0.2, 0.25) is 0 Å². The maximum Gasteiger partial charge on any atom is 0.348 e. The molecular formula is C32H31N3O4S2. The summed E-state index contributed by atoms with van der Waals surface area (Å²) in [5.41, 5.74) is 5.21. The molecule has 5 aromatic rings. The van der Waals surface area contributed by atoms with Crippen LogP contribution in [0.15, 0.2) is 66.3 Å². The van der Waals surface area contributed by atoms with Gasteiger partial charge in [-0.05, 0) is 42.0 Å². The van der Waals surface area contributed by atoms with Crippen LogP contribution < -0.4 is 5.32 Å². The number of esters is 2. The average Bonchev–Trinajstić information content (AvgIpc) is 3.55. The molecule has 0 bridgehead atoms. The molecule has 9 heteroatoms. The van der Waals surface area contributed by atoms with Gasteiger partial charge in [-0.25, -0.2) is 19.6 Å². The molecule has 41 heavy (non-hydrogen) atoms. The fraction of sp³-hybridized carbons (Fsp3) is 0.250. The zero-order chi connectivity index (χ0) is 28.9. The first kappa shape index (κ1) is 28.4. The largest absolute Gasteiger partial charge is 0.462 e. The van der Waals surface area contributed by atoms with Gasteiger partial charge in [0.25, 0.3) is 0 Å². The van der Waals surface area contributed by atoms with Crippen molar-refractivity contribution in [3.8, 4) is 11.1 Å². The number of carbonyl (C=O) groups excluding carboxylic acids is 2. The Bertz CT molecular complexity index is 1670. The zero-order valence-electron chi connectivity index (χ0n) is 23.4. The molecule has 0 fully saturated rings. The number of hydrogen-bond donors (Lipinski definition) is 1. The smallest absolute Gasteiger partial charge is 0.348 e. The molecule has 0 aliphatic carbocycles. The Labute approximate surface area is 247 Å². The lowest BCUT2D eigenvalue weighted by Gasteiger charge is -2.10. The number of rotatable bonds is 10. The van der Waals surface area contributed by atoms with Crippen LogP contribution in [0.3, 0.4) is 0 Å². The highest BCUT2D eigenvalue weighted by Crippen LogP contribution is 2.41. The van der Waals surface area contributed by atoms with Crippen molar-refractivity contribution in [1.82, 2.24) is 9.97 Å². The highest BCUT2D eigenvalue weighted by atomic mass is 32.1. The summed E-state index contributed by atoms with van der Waals surface area (Å²) in [6.07, 6.45) is 2.10. The maximum absolute atomic E-state index is 13.1. The molecule has 3 aromatic heterocycles. The monoisotopic (exact) mass is 585 g/mol. The number of hydrogen-bond acceptors (Lipinski definition) is 9. The molecule has 0 amide bonds. The first-order valence-electron chi connectivity index (χ1n) is 13.5. The summed E-state index contributed by atoms with van der Waals surface area (Å²) >= 11 is 2.69. The van der Waals surface area contributed by atoms with E-state index in [4.69, 9.17) is 9.47 Å². The number of anilines is 2. The number of aromatic nitrogens is 2. The van der Waals surface area contributed by atoms with Crippen LogP contribution in [0, 0.1) is 6.92 Å². The van der Waals surface area contributed by atoms with E-state index in [0.717, 1.165) is 38.2 Å². The standard InChI is InChI=1S/C32H31N3O4S2/c1-5-38-31(36)25-20(4)27(32(37)39-16-15-21-9-7-6-8-10-21)41-30(25)35-28-26-24(17-40-29(26)34-18-33-28)23-13-11-22(12-14-23)19(2)3/h6-14,17-19H,5,15-16H2,1-4H3,(H,33,34,35). The van der Waals surface area contributed by atoms with E-state index < -0.39 is 11.9 Å². The number of thiophene rings is 2. The van der Waals surface area contributed by atoms with Gasteiger partial charge in [0.2, 0.25) is 0 Å². The van der Waals surface area contributed by atoms with Gasteiger partial charge < -0.3 is 14.8 Å². The molecule has 0 radical (unpaired) electrons. The van der Waals surface area contributed by atoms with E-state index in [-0.39, 0.29) is 13.2 Å². The van der Waals surface area contributed by atoms with Crippen molar-refractivity contribution in [2.24, 2.45) is 0 Å². The summed E-state index contributed by atoms with van der Waals surface area (Å²) in [4.78, 5) is 36.4. The van der Waals surface area contributed by atoms with E-state index in [1.807, 2.05) is 30.3 Å². The van der Waals surface area contributed by atoms with Crippen molar-refractivity contribution in [2.45, 2.75) is 40.0 Å². The Morgan fingerprint density at radius 2 is 1.73 bits per heavy atom. The molecule has 0 aliphatic heterocycles. The fourth-order valence-electron chi connectivity index (χ4n) is 4.55. The molecule has 0 spiro atoms. The molecule has 2 aromatic carbocycles. The minimum atomic E-state index is -0.507. The predicted molar refractivity (Wildman–Crippen MR) is 166 cm³/mol. The van der Waals surface area contributed by atoms with E-state index in [1.54, 1.807) is 13.8 Å². The lowest BCUT2D eigenvalue weighted by Crippen LogP contribution is -2.10. The van der Waals surface area contributed by atoms with Crippen molar-refractivity contribution in [3.63, 3.8) is 0 Å². The van der Waals surface area contributed by atoms with Gasteiger partial charge in [0, 0.05) is 17.4 Å². The summed E-state index contributed by atoms with van der Waals surface area (Å²) in [5, 5.41) is 6.74. The number of benzene rings is 2. The Morgan fingerprint density at radius 1 is 0.976 bits per heavy atom. The summed E-state index contributed by atoms with van der Waals surface area (Å²) in [5.74, 6) is 0.00457. The minimum Gasteiger partial charge on any atom is -0.462 e. The topological polar surface area (TPSA) is 90.4 Å². The van der Waals surface area contributed by atoms with E-state index in [9.17, 15) is 9.59 Å². The second-order valence-electron chi connectivity index (χ2n) is 9.81. The van der Waals surface area contributed by atoms with E-state index in [0.29, 0.717) is 39.2 Å². The normalized spacial score (nSPS) is 11.1. The zero-order valence-corrected chi connectivity index (χ0v) is 25.0. The highest BCUT2D eigenvalue weighted by Gasteiger charge is 2.27. The van der Waals surface area contributed by atoms with Crippen LogP contribution in [0.1, 0.15) is 63.4 Å². The molecular weight excluding hydrogens is 555 g/mol. The van der Waals surface area contributed by atoms with Crippen LogP contribution in [0.5, 0.6) is 0 Å². The van der Waals surface area contributed by atoms with Gasteiger partial charge in [0.1, 0.15) is 26.9 Å². The van der Waals surface area contributed by atoms with Crippen molar-refractivity contribution in [3.05, 3.63) is 93.4 Å². The Kier molecular flexibility index (Phi) is 8.75. The molecule has 0 unspecified atom stereocenters. The van der Waals surface area contributed by atoms with Crippen molar-refractivity contribution < 1.29 is 19.1 Å². The molecule has 0 aliphatic rings. The summed E-state index contributed by atoms with van der Waals surface area (Å²) in [6, 6.07) is 18.3. The first-order chi connectivity index (χ1) is 19.9. The molecule has 0 saturated heterocycles. The van der Waals surface area contributed by atoms with Crippen LogP contribution in [0.4, 0.5) is 10.8 Å². The third-order valence-electron chi connectivity index (χ3n) is 6.77. The molecule has 210 valence electrons. The number of nitrogens with one attached hydrogen (secondary N) is 1. The lowest BCUT2D eigenvalue weighted by atomic mass is 9.99. The van der Waals surface area contributed by atoms with Crippen LogP contribution in [0.25, 0.3) is 21.3 Å². The molecule has 7 nitrogen and oxygen atoms in total. The Morgan fingerprint density at radius 3 is 2.44 bits per heavy atom. The number of nitrogens with zero attached hydrogens (tertiary/aromatic N) is 2. The molecule has 5 rings (SSSR count). The minimum absolute atomic E-state index is 0.212. The fourth-order valence-corrected chi connectivity index (χ4v) is 6.56. The Hall–Kier alpha value is -4.08.